The van der Waals surface area contributed by atoms with Gasteiger partial charge in [-0.2, -0.15) is 0 Å². The van der Waals surface area contributed by atoms with Crippen LogP contribution >= 0.6 is 0 Å². The molecule has 5 nitrogen and oxygen atoms in total. The third kappa shape index (κ3) is 3.79. The van der Waals surface area contributed by atoms with E-state index >= 15 is 0 Å². The first kappa shape index (κ1) is 19.2. The van der Waals surface area contributed by atoms with Gasteiger partial charge in [-0.05, 0) is 44.4 Å². The van der Waals surface area contributed by atoms with Gasteiger partial charge < -0.3 is 9.88 Å². The summed E-state index contributed by atoms with van der Waals surface area (Å²) in [6, 6.07) is 8.35. The van der Waals surface area contributed by atoms with Crippen LogP contribution < -0.4 is 5.32 Å². The molecule has 0 spiro atoms. The Bertz CT molecular complexity index is 853. The van der Waals surface area contributed by atoms with E-state index in [2.05, 4.69) is 5.32 Å². The molecule has 6 heteroatoms. The fourth-order valence-corrected chi connectivity index (χ4v) is 4.65. The smallest absolute Gasteiger partial charge is 0.225 e. The standard InChI is InChI=1S/C19H26N2O3S/c1-5-10-17(22)20-19-18(14(3)15(4)21(19)13-6-2)25(23,24)16-11-8-7-9-12-16/h7-9,11-12H,5-6,10,13H2,1-4H3,(H,20,22). The Morgan fingerprint density at radius 1 is 1.08 bits per heavy atom. The van der Waals surface area contributed by atoms with Crippen LogP contribution in [0.4, 0.5) is 5.82 Å². The number of aromatic nitrogens is 1. The second-order valence-corrected chi connectivity index (χ2v) is 8.04. The van der Waals surface area contributed by atoms with E-state index in [4.69, 9.17) is 0 Å². The summed E-state index contributed by atoms with van der Waals surface area (Å²) < 4.78 is 28.3. The van der Waals surface area contributed by atoms with Crippen LogP contribution in [0, 0.1) is 13.8 Å². The third-order valence-corrected chi connectivity index (χ3v) is 6.21. The minimum absolute atomic E-state index is 0.165. The molecule has 1 heterocycles. The Kier molecular flexibility index (Phi) is 6.06. The molecule has 0 radical (unpaired) electrons. The summed E-state index contributed by atoms with van der Waals surface area (Å²) >= 11 is 0. The highest BCUT2D eigenvalue weighted by molar-refractivity contribution is 7.91. The second-order valence-electron chi connectivity index (χ2n) is 6.15. The number of carbonyl (C=O) groups excluding carboxylic acids is 1. The molecule has 0 fully saturated rings. The van der Waals surface area contributed by atoms with Crippen molar-refractivity contribution in [3.8, 4) is 0 Å². The fourth-order valence-electron chi connectivity index (χ4n) is 2.93. The molecule has 0 saturated heterocycles. The van der Waals surface area contributed by atoms with E-state index < -0.39 is 9.84 Å². The highest BCUT2D eigenvalue weighted by atomic mass is 32.2. The van der Waals surface area contributed by atoms with E-state index in [1.807, 2.05) is 25.3 Å². The predicted octanol–water partition coefficient (Wildman–Crippen LogP) is 4.09. The highest BCUT2D eigenvalue weighted by Crippen LogP contribution is 2.35. The predicted molar refractivity (Wildman–Crippen MR) is 99.6 cm³/mol. The average molecular weight is 362 g/mol. The highest BCUT2D eigenvalue weighted by Gasteiger charge is 2.30. The van der Waals surface area contributed by atoms with Crippen LogP contribution in [-0.2, 0) is 21.2 Å². The zero-order valence-electron chi connectivity index (χ0n) is 15.3. The van der Waals surface area contributed by atoms with Gasteiger partial charge in [0.1, 0.15) is 10.7 Å². The number of nitrogens with zero attached hydrogens (tertiary/aromatic N) is 1. The number of sulfone groups is 1. The maximum Gasteiger partial charge on any atom is 0.225 e. The van der Waals surface area contributed by atoms with Crippen LogP contribution in [0.15, 0.2) is 40.1 Å². The van der Waals surface area contributed by atoms with Gasteiger partial charge in [0.05, 0.1) is 4.90 Å². The molecule has 2 rings (SSSR count). The number of nitrogens with one attached hydrogen (secondary N) is 1. The van der Waals surface area contributed by atoms with E-state index in [0.717, 1.165) is 12.1 Å². The molecule has 0 bridgehead atoms. The van der Waals surface area contributed by atoms with Crippen molar-refractivity contribution in [2.24, 2.45) is 0 Å². The summed E-state index contributed by atoms with van der Waals surface area (Å²) in [6.07, 6.45) is 1.91. The third-order valence-electron chi connectivity index (χ3n) is 4.28. The van der Waals surface area contributed by atoms with Gasteiger partial charge in [-0.3, -0.25) is 4.79 Å². The Hall–Kier alpha value is -2.08. The minimum Gasteiger partial charge on any atom is -0.331 e. The number of benzene rings is 1. The van der Waals surface area contributed by atoms with E-state index in [9.17, 15) is 13.2 Å². The second kappa shape index (κ2) is 7.87. The summed E-state index contributed by atoms with van der Waals surface area (Å²) in [5, 5.41) is 2.85. The summed E-state index contributed by atoms with van der Waals surface area (Å²) in [4.78, 5) is 12.6. The molecule has 0 saturated carbocycles. The SMILES string of the molecule is CCCC(=O)Nc1c(S(=O)(=O)c2ccccc2)c(C)c(C)n1CCC. The lowest BCUT2D eigenvalue weighted by Crippen LogP contribution is -2.17. The molecule has 0 aliphatic carbocycles. The van der Waals surface area contributed by atoms with Crippen LogP contribution in [-0.4, -0.2) is 18.9 Å². The molecule has 0 aliphatic rings. The molecule has 0 atom stereocenters. The fraction of sp³-hybridized carbons (Fsp3) is 0.421. The van der Waals surface area contributed by atoms with Crippen molar-refractivity contribution < 1.29 is 13.2 Å². The number of hydrogen-bond acceptors (Lipinski definition) is 3. The molecular weight excluding hydrogens is 336 g/mol. The van der Waals surface area contributed by atoms with E-state index in [1.165, 1.54) is 0 Å². The van der Waals surface area contributed by atoms with Gasteiger partial charge in [-0.25, -0.2) is 8.42 Å². The summed E-state index contributed by atoms with van der Waals surface area (Å²) in [5.74, 6) is 0.223. The van der Waals surface area contributed by atoms with Crippen molar-refractivity contribution in [2.45, 2.75) is 63.3 Å². The normalized spacial score (nSPS) is 11.5. The lowest BCUT2D eigenvalue weighted by molar-refractivity contribution is -0.116. The first-order valence-electron chi connectivity index (χ1n) is 8.64. The van der Waals surface area contributed by atoms with Crippen molar-refractivity contribution >= 4 is 21.6 Å². The Balaban J connectivity index is 2.68. The van der Waals surface area contributed by atoms with Gasteiger partial charge >= 0.3 is 0 Å². The molecule has 136 valence electrons. The number of carbonyl (C=O) groups is 1. The lowest BCUT2D eigenvalue weighted by atomic mass is 10.3. The molecule has 0 unspecified atom stereocenters. The molecule has 1 N–H and O–H groups in total. The summed E-state index contributed by atoms with van der Waals surface area (Å²) in [7, 11) is -3.72. The van der Waals surface area contributed by atoms with Gasteiger partial charge in [0.15, 0.2) is 0 Å². The molecule has 0 aliphatic heterocycles. The van der Waals surface area contributed by atoms with Gasteiger partial charge in [0.25, 0.3) is 0 Å². The number of rotatable bonds is 7. The van der Waals surface area contributed by atoms with Gasteiger partial charge in [-0.15, -0.1) is 0 Å². The molecule has 1 amide bonds. The quantitative estimate of drug-likeness (QED) is 0.807. The molecule has 1 aromatic heterocycles. The number of anilines is 1. The van der Waals surface area contributed by atoms with Gasteiger partial charge in [0, 0.05) is 18.7 Å². The Labute approximate surface area is 150 Å². The molecule has 1 aromatic carbocycles. The Morgan fingerprint density at radius 2 is 1.72 bits per heavy atom. The monoisotopic (exact) mass is 362 g/mol. The minimum atomic E-state index is -3.72. The Morgan fingerprint density at radius 3 is 2.28 bits per heavy atom. The molecule has 25 heavy (non-hydrogen) atoms. The van der Waals surface area contributed by atoms with Crippen LogP contribution in [0.5, 0.6) is 0 Å². The maximum absolute atomic E-state index is 13.2. The van der Waals surface area contributed by atoms with Crippen molar-refractivity contribution in [1.29, 1.82) is 0 Å². The van der Waals surface area contributed by atoms with Crippen LogP contribution in [0.2, 0.25) is 0 Å². The van der Waals surface area contributed by atoms with Gasteiger partial charge in [-0.1, -0.05) is 32.0 Å². The summed E-state index contributed by atoms with van der Waals surface area (Å²) in [6.45, 7) is 8.29. The van der Waals surface area contributed by atoms with Crippen molar-refractivity contribution in [3.63, 3.8) is 0 Å². The lowest BCUT2D eigenvalue weighted by Gasteiger charge is -2.13. The van der Waals surface area contributed by atoms with Crippen molar-refractivity contribution in [1.82, 2.24) is 4.57 Å². The van der Waals surface area contributed by atoms with Crippen molar-refractivity contribution in [2.75, 3.05) is 5.32 Å². The summed E-state index contributed by atoms with van der Waals surface area (Å²) in [5.41, 5.74) is 1.55. The van der Waals surface area contributed by atoms with Crippen LogP contribution in [0.1, 0.15) is 44.4 Å². The number of hydrogen-bond donors (Lipinski definition) is 1. The zero-order chi connectivity index (χ0) is 18.6. The van der Waals surface area contributed by atoms with Gasteiger partial charge in [0.2, 0.25) is 15.7 Å². The van der Waals surface area contributed by atoms with E-state index in [0.29, 0.717) is 30.8 Å². The first-order chi connectivity index (χ1) is 11.8. The van der Waals surface area contributed by atoms with Crippen LogP contribution in [0.25, 0.3) is 0 Å². The van der Waals surface area contributed by atoms with Crippen LogP contribution in [0.3, 0.4) is 0 Å². The van der Waals surface area contributed by atoms with E-state index in [-0.39, 0.29) is 15.7 Å². The average Bonchev–Trinajstić information content (AvgIpc) is 2.81. The molecule has 2 aromatic rings. The molecular formula is C19H26N2O3S. The topological polar surface area (TPSA) is 68.2 Å². The maximum atomic E-state index is 13.2. The zero-order valence-corrected chi connectivity index (χ0v) is 16.1. The first-order valence-corrected chi connectivity index (χ1v) is 10.1. The van der Waals surface area contributed by atoms with E-state index in [1.54, 1.807) is 37.3 Å². The number of amides is 1. The van der Waals surface area contributed by atoms with Crippen molar-refractivity contribution in [3.05, 3.63) is 41.6 Å². The largest absolute Gasteiger partial charge is 0.331 e.